The topological polar surface area (TPSA) is 35.6 Å². The zero-order valence-electron chi connectivity index (χ0n) is 9.49. The maximum atomic E-state index is 4.39. The van der Waals surface area contributed by atoms with Gasteiger partial charge in [0.2, 0.25) is 5.95 Å². The van der Waals surface area contributed by atoms with Gasteiger partial charge in [-0.2, -0.15) is 0 Å². The van der Waals surface area contributed by atoms with Gasteiger partial charge in [0.25, 0.3) is 0 Å². The average molecular weight is 224 g/mol. The molecular formula is C13H12N4. The molecular weight excluding hydrogens is 212 g/mol. The molecule has 2 aromatic heterocycles. The van der Waals surface area contributed by atoms with Crippen molar-refractivity contribution in [3.05, 3.63) is 55.1 Å². The summed E-state index contributed by atoms with van der Waals surface area (Å²) in [5.74, 6) is 1.77. The van der Waals surface area contributed by atoms with Gasteiger partial charge in [0.15, 0.2) is 0 Å². The molecule has 17 heavy (non-hydrogen) atoms. The number of hydrogen-bond acceptors (Lipinski definition) is 2. The number of imidazole rings is 2. The quantitative estimate of drug-likeness (QED) is 0.669. The Morgan fingerprint density at radius 3 is 2.41 bits per heavy atom. The van der Waals surface area contributed by atoms with Crippen LogP contribution in [-0.4, -0.2) is 19.1 Å². The second kappa shape index (κ2) is 3.90. The van der Waals surface area contributed by atoms with E-state index in [-0.39, 0.29) is 0 Å². The summed E-state index contributed by atoms with van der Waals surface area (Å²) in [5.41, 5.74) is 1.08. The summed E-state index contributed by atoms with van der Waals surface area (Å²) in [6, 6.07) is 10.1. The van der Waals surface area contributed by atoms with Crippen molar-refractivity contribution >= 4 is 0 Å². The summed E-state index contributed by atoms with van der Waals surface area (Å²) >= 11 is 0. The smallest absolute Gasteiger partial charge is 0.215 e. The fourth-order valence-electron chi connectivity index (χ4n) is 1.86. The largest absolute Gasteiger partial charge is 0.320 e. The van der Waals surface area contributed by atoms with E-state index < -0.39 is 0 Å². The number of nitrogens with zero attached hydrogens (tertiary/aromatic N) is 4. The van der Waals surface area contributed by atoms with E-state index >= 15 is 0 Å². The molecule has 0 atom stereocenters. The van der Waals surface area contributed by atoms with Gasteiger partial charge in [0, 0.05) is 37.4 Å². The molecule has 0 N–H and O–H groups in total. The average Bonchev–Trinajstić information content (AvgIpc) is 2.98. The van der Waals surface area contributed by atoms with E-state index in [9.17, 15) is 0 Å². The lowest BCUT2D eigenvalue weighted by atomic mass is 10.2. The van der Waals surface area contributed by atoms with E-state index in [1.165, 1.54) is 0 Å². The molecule has 1 aromatic carbocycles. The van der Waals surface area contributed by atoms with Crippen molar-refractivity contribution in [1.82, 2.24) is 19.1 Å². The van der Waals surface area contributed by atoms with E-state index in [1.807, 2.05) is 58.9 Å². The van der Waals surface area contributed by atoms with Crippen LogP contribution in [0.1, 0.15) is 0 Å². The maximum absolute atomic E-state index is 4.39. The molecule has 0 spiro atoms. The molecule has 0 aliphatic rings. The SMILES string of the molecule is Cn1ccnc1-n1ccnc1-c1ccccc1. The second-order valence-electron chi connectivity index (χ2n) is 3.83. The number of aromatic nitrogens is 4. The lowest BCUT2D eigenvalue weighted by Gasteiger charge is -2.07. The van der Waals surface area contributed by atoms with Gasteiger partial charge in [-0.15, -0.1) is 0 Å². The van der Waals surface area contributed by atoms with E-state index in [4.69, 9.17) is 0 Å². The molecule has 4 heteroatoms. The molecule has 3 aromatic rings. The van der Waals surface area contributed by atoms with E-state index in [0.29, 0.717) is 0 Å². The van der Waals surface area contributed by atoms with Gasteiger partial charge in [0.1, 0.15) is 5.82 Å². The Bertz CT molecular complexity index is 622. The zero-order chi connectivity index (χ0) is 11.7. The second-order valence-corrected chi connectivity index (χ2v) is 3.83. The van der Waals surface area contributed by atoms with E-state index in [0.717, 1.165) is 17.3 Å². The highest BCUT2D eigenvalue weighted by Crippen LogP contribution is 2.19. The molecule has 0 aliphatic heterocycles. The molecule has 0 aliphatic carbocycles. The van der Waals surface area contributed by atoms with Crippen LogP contribution in [-0.2, 0) is 7.05 Å². The molecule has 0 fully saturated rings. The summed E-state index contributed by atoms with van der Waals surface area (Å²) in [5, 5.41) is 0. The van der Waals surface area contributed by atoms with Crippen molar-refractivity contribution < 1.29 is 0 Å². The summed E-state index contributed by atoms with van der Waals surface area (Å²) in [6.07, 6.45) is 7.41. The van der Waals surface area contributed by atoms with Crippen molar-refractivity contribution in [2.24, 2.45) is 7.05 Å². The van der Waals surface area contributed by atoms with Gasteiger partial charge >= 0.3 is 0 Å². The minimum atomic E-state index is 0.862. The highest BCUT2D eigenvalue weighted by atomic mass is 15.2. The maximum Gasteiger partial charge on any atom is 0.215 e. The molecule has 0 saturated heterocycles. The Labute approximate surface area is 99.2 Å². The van der Waals surface area contributed by atoms with Crippen LogP contribution in [0.5, 0.6) is 0 Å². The third-order valence-electron chi connectivity index (χ3n) is 2.68. The Kier molecular flexibility index (Phi) is 2.26. The van der Waals surface area contributed by atoms with Crippen LogP contribution in [0.15, 0.2) is 55.1 Å². The van der Waals surface area contributed by atoms with Crippen LogP contribution in [0.25, 0.3) is 17.3 Å². The Morgan fingerprint density at radius 2 is 1.71 bits per heavy atom. The minimum absolute atomic E-state index is 0.862. The van der Waals surface area contributed by atoms with Crippen molar-refractivity contribution in [3.63, 3.8) is 0 Å². The fourth-order valence-corrected chi connectivity index (χ4v) is 1.86. The third kappa shape index (κ3) is 1.63. The van der Waals surface area contributed by atoms with Gasteiger partial charge in [-0.05, 0) is 0 Å². The van der Waals surface area contributed by atoms with Crippen molar-refractivity contribution in [3.8, 4) is 17.3 Å². The highest BCUT2D eigenvalue weighted by molar-refractivity contribution is 5.57. The number of aryl methyl sites for hydroxylation is 1. The van der Waals surface area contributed by atoms with Gasteiger partial charge in [-0.3, -0.25) is 4.57 Å². The molecule has 0 unspecified atom stereocenters. The first-order chi connectivity index (χ1) is 8.36. The van der Waals surface area contributed by atoms with Crippen LogP contribution >= 0.6 is 0 Å². The van der Waals surface area contributed by atoms with Crippen LogP contribution in [0.4, 0.5) is 0 Å². The standard InChI is InChI=1S/C13H12N4/c1-16-9-7-15-13(16)17-10-8-14-12(17)11-5-3-2-4-6-11/h2-10H,1H3. The van der Waals surface area contributed by atoms with Crippen molar-refractivity contribution in [2.75, 3.05) is 0 Å². The molecule has 0 saturated carbocycles. The van der Waals surface area contributed by atoms with Crippen LogP contribution in [0, 0.1) is 0 Å². The third-order valence-corrected chi connectivity index (χ3v) is 2.68. The molecule has 2 heterocycles. The lowest BCUT2D eigenvalue weighted by molar-refractivity contribution is 0.822. The highest BCUT2D eigenvalue weighted by Gasteiger charge is 2.09. The summed E-state index contributed by atoms with van der Waals surface area (Å²) in [4.78, 5) is 8.72. The van der Waals surface area contributed by atoms with Crippen molar-refractivity contribution in [1.29, 1.82) is 0 Å². The molecule has 0 amide bonds. The minimum Gasteiger partial charge on any atom is -0.320 e. The molecule has 0 radical (unpaired) electrons. The van der Waals surface area contributed by atoms with Gasteiger partial charge in [0.05, 0.1) is 0 Å². The lowest BCUT2D eigenvalue weighted by Crippen LogP contribution is -2.03. The summed E-state index contributed by atoms with van der Waals surface area (Å²) < 4.78 is 3.95. The predicted octanol–water partition coefficient (Wildman–Crippen LogP) is 2.27. The fraction of sp³-hybridized carbons (Fsp3) is 0.0769. The van der Waals surface area contributed by atoms with Crippen LogP contribution in [0.2, 0.25) is 0 Å². The zero-order valence-corrected chi connectivity index (χ0v) is 9.49. The van der Waals surface area contributed by atoms with Crippen molar-refractivity contribution in [2.45, 2.75) is 0 Å². The number of rotatable bonds is 2. The van der Waals surface area contributed by atoms with Gasteiger partial charge < -0.3 is 4.57 Å². The van der Waals surface area contributed by atoms with Crippen LogP contribution < -0.4 is 0 Å². The summed E-state index contributed by atoms with van der Waals surface area (Å²) in [6.45, 7) is 0. The monoisotopic (exact) mass is 224 g/mol. The Hall–Kier alpha value is -2.36. The molecule has 4 nitrogen and oxygen atoms in total. The first-order valence-electron chi connectivity index (χ1n) is 5.43. The van der Waals surface area contributed by atoms with E-state index in [1.54, 1.807) is 12.4 Å². The first-order valence-corrected chi connectivity index (χ1v) is 5.43. The predicted molar refractivity (Wildman–Crippen MR) is 65.8 cm³/mol. The first kappa shape index (κ1) is 9.84. The summed E-state index contributed by atoms with van der Waals surface area (Å²) in [7, 11) is 1.97. The Morgan fingerprint density at radius 1 is 0.941 bits per heavy atom. The normalized spacial score (nSPS) is 10.6. The molecule has 84 valence electrons. The van der Waals surface area contributed by atoms with Gasteiger partial charge in [-0.25, -0.2) is 9.97 Å². The van der Waals surface area contributed by atoms with Gasteiger partial charge in [-0.1, -0.05) is 30.3 Å². The molecule has 3 rings (SSSR count). The van der Waals surface area contributed by atoms with E-state index in [2.05, 4.69) is 9.97 Å². The number of hydrogen-bond donors (Lipinski definition) is 0. The number of benzene rings is 1. The van der Waals surface area contributed by atoms with Crippen LogP contribution in [0.3, 0.4) is 0 Å². The molecule has 0 bridgehead atoms. The Balaban J connectivity index is 2.16.